The molecule has 19 heavy (non-hydrogen) atoms. The van der Waals surface area contributed by atoms with Crippen LogP contribution in [-0.2, 0) is 13.6 Å². The summed E-state index contributed by atoms with van der Waals surface area (Å²) in [6.07, 6.45) is 3.35. The first kappa shape index (κ1) is 11.5. The summed E-state index contributed by atoms with van der Waals surface area (Å²) in [4.78, 5) is 15.4. The minimum Gasteiger partial charge on any atom is -0.478 e. The first-order valence-corrected chi connectivity index (χ1v) is 5.81. The number of carbonyl (C=O) groups is 1. The van der Waals surface area contributed by atoms with Gasteiger partial charge in [-0.3, -0.25) is 4.68 Å². The molecule has 3 aromatic rings. The summed E-state index contributed by atoms with van der Waals surface area (Å²) in [6.45, 7) is 0.490. The van der Waals surface area contributed by atoms with Gasteiger partial charge in [-0.1, -0.05) is 12.1 Å². The minimum atomic E-state index is -0.927. The Balaban J connectivity index is 2.14. The minimum absolute atomic E-state index is 0.296. The maximum absolute atomic E-state index is 11.3. The van der Waals surface area contributed by atoms with Crippen LogP contribution in [0.4, 0.5) is 0 Å². The monoisotopic (exact) mass is 256 g/mol. The second kappa shape index (κ2) is 4.24. The number of carboxylic acid groups (broad SMARTS) is 1. The molecule has 6 heteroatoms. The number of nitrogens with zero attached hydrogens (tertiary/aromatic N) is 4. The molecule has 2 heterocycles. The van der Waals surface area contributed by atoms with Crippen LogP contribution in [0.25, 0.3) is 10.9 Å². The van der Waals surface area contributed by atoms with Crippen LogP contribution in [0.1, 0.15) is 16.2 Å². The molecule has 0 atom stereocenters. The molecule has 2 aromatic heterocycles. The summed E-state index contributed by atoms with van der Waals surface area (Å²) in [5.41, 5.74) is 1.00. The number of benzene rings is 1. The molecule has 0 bridgehead atoms. The van der Waals surface area contributed by atoms with Crippen LogP contribution >= 0.6 is 0 Å². The van der Waals surface area contributed by atoms with Crippen molar-refractivity contribution in [2.75, 3.05) is 0 Å². The molecule has 6 nitrogen and oxygen atoms in total. The normalized spacial score (nSPS) is 11.0. The molecule has 1 aromatic carbocycles. The zero-order valence-electron chi connectivity index (χ0n) is 10.3. The van der Waals surface area contributed by atoms with Gasteiger partial charge in [0.1, 0.15) is 12.2 Å². The Bertz CT molecular complexity index is 757. The lowest BCUT2D eigenvalue weighted by molar-refractivity contribution is 0.0698. The molecule has 0 aliphatic heterocycles. The summed E-state index contributed by atoms with van der Waals surface area (Å²) >= 11 is 0. The van der Waals surface area contributed by atoms with E-state index in [4.69, 9.17) is 0 Å². The lowest BCUT2D eigenvalue weighted by Gasteiger charge is -2.07. The van der Waals surface area contributed by atoms with E-state index in [1.54, 1.807) is 16.8 Å². The van der Waals surface area contributed by atoms with E-state index in [1.807, 2.05) is 29.9 Å². The van der Waals surface area contributed by atoms with Crippen molar-refractivity contribution in [2.45, 2.75) is 6.54 Å². The number of aromatic carboxylic acids is 1. The molecule has 0 spiro atoms. The topological polar surface area (TPSA) is 72.9 Å². The van der Waals surface area contributed by atoms with Crippen molar-refractivity contribution < 1.29 is 9.90 Å². The molecular weight excluding hydrogens is 244 g/mol. The van der Waals surface area contributed by atoms with Crippen molar-refractivity contribution in [3.8, 4) is 0 Å². The summed E-state index contributed by atoms with van der Waals surface area (Å²) in [7, 11) is 1.81. The highest BCUT2D eigenvalue weighted by atomic mass is 16.4. The Morgan fingerprint density at radius 1 is 1.37 bits per heavy atom. The van der Waals surface area contributed by atoms with Gasteiger partial charge < -0.3 is 9.67 Å². The first-order chi connectivity index (χ1) is 9.16. The van der Waals surface area contributed by atoms with Gasteiger partial charge in [-0.25, -0.2) is 9.78 Å². The number of aromatic nitrogens is 4. The van der Waals surface area contributed by atoms with E-state index in [1.165, 1.54) is 6.33 Å². The molecule has 0 saturated carbocycles. The van der Waals surface area contributed by atoms with Crippen LogP contribution in [0.3, 0.4) is 0 Å². The average molecular weight is 256 g/mol. The van der Waals surface area contributed by atoms with Crippen molar-refractivity contribution in [3.63, 3.8) is 0 Å². The van der Waals surface area contributed by atoms with Crippen molar-refractivity contribution in [1.82, 2.24) is 19.3 Å². The molecule has 0 aliphatic rings. The van der Waals surface area contributed by atoms with Crippen molar-refractivity contribution in [1.29, 1.82) is 0 Å². The molecule has 1 N–H and O–H groups in total. The zero-order valence-corrected chi connectivity index (χ0v) is 10.3. The SMILES string of the molecule is Cn1ncnc1Cn1ccc2cccc(C(=O)O)c21. The van der Waals surface area contributed by atoms with Crippen LogP contribution < -0.4 is 0 Å². The molecule has 0 saturated heterocycles. The number of hydrogen-bond donors (Lipinski definition) is 1. The van der Waals surface area contributed by atoms with Gasteiger partial charge in [0.25, 0.3) is 0 Å². The maximum Gasteiger partial charge on any atom is 0.337 e. The van der Waals surface area contributed by atoms with E-state index < -0.39 is 5.97 Å². The van der Waals surface area contributed by atoms with Crippen LogP contribution in [0.2, 0.25) is 0 Å². The number of carboxylic acids is 1. The van der Waals surface area contributed by atoms with Gasteiger partial charge in [-0.05, 0) is 12.1 Å². The average Bonchev–Trinajstić information content (AvgIpc) is 2.97. The molecule has 3 rings (SSSR count). The summed E-state index contributed by atoms with van der Waals surface area (Å²) < 4.78 is 3.55. The lowest BCUT2D eigenvalue weighted by atomic mass is 10.1. The smallest absolute Gasteiger partial charge is 0.337 e. The Kier molecular flexibility index (Phi) is 2.56. The second-order valence-corrected chi connectivity index (χ2v) is 4.29. The van der Waals surface area contributed by atoms with E-state index in [9.17, 15) is 9.90 Å². The Morgan fingerprint density at radius 3 is 2.89 bits per heavy atom. The van der Waals surface area contributed by atoms with E-state index in [2.05, 4.69) is 10.1 Å². The standard InChI is InChI=1S/C13H12N4O2/c1-16-11(14-8-15-16)7-17-6-5-9-3-2-4-10(12(9)17)13(18)19/h2-6,8H,7H2,1H3,(H,18,19). The zero-order chi connectivity index (χ0) is 13.4. The molecule has 96 valence electrons. The molecule has 0 radical (unpaired) electrons. The number of rotatable bonds is 3. The third kappa shape index (κ3) is 1.87. The van der Waals surface area contributed by atoms with Gasteiger partial charge in [-0.15, -0.1) is 0 Å². The van der Waals surface area contributed by atoms with Crippen LogP contribution in [0.5, 0.6) is 0 Å². The van der Waals surface area contributed by atoms with Crippen LogP contribution in [0, 0.1) is 0 Å². The van der Waals surface area contributed by atoms with Crippen molar-refractivity contribution in [2.24, 2.45) is 7.05 Å². The summed E-state index contributed by atoms with van der Waals surface area (Å²) in [5.74, 6) is -0.152. The quantitative estimate of drug-likeness (QED) is 0.771. The summed E-state index contributed by atoms with van der Waals surface area (Å²) in [6, 6.07) is 7.16. The lowest BCUT2D eigenvalue weighted by Crippen LogP contribution is -2.08. The molecule has 0 amide bonds. The van der Waals surface area contributed by atoms with Crippen LogP contribution in [-0.4, -0.2) is 30.4 Å². The number of fused-ring (bicyclic) bond motifs is 1. The van der Waals surface area contributed by atoms with Crippen LogP contribution in [0.15, 0.2) is 36.8 Å². The van der Waals surface area contributed by atoms with Gasteiger partial charge in [0.2, 0.25) is 0 Å². The highest BCUT2D eigenvalue weighted by Gasteiger charge is 2.13. The Morgan fingerprint density at radius 2 is 2.21 bits per heavy atom. The van der Waals surface area contributed by atoms with Crippen molar-refractivity contribution in [3.05, 3.63) is 48.2 Å². The molecule has 0 unspecified atom stereocenters. The fraction of sp³-hybridized carbons (Fsp3) is 0.154. The number of hydrogen-bond acceptors (Lipinski definition) is 3. The largest absolute Gasteiger partial charge is 0.478 e. The predicted octanol–water partition coefficient (Wildman–Crippen LogP) is 1.52. The third-order valence-electron chi connectivity index (χ3n) is 3.14. The van der Waals surface area contributed by atoms with Gasteiger partial charge in [0.15, 0.2) is 0 Å². The fourth-order valence-corrected chi connectivity index (χ4v) is 2.18. The number of aryl methyl sites for hydroxylation is 1. The Hall–Kier alpha value is -2.63. The molecule has 0 aliphatic carbocycles. The maximum atomic E-state index is 11.3. The highest BCUT2D eigenvalue weighted by Crippen LogP contribution is 2.21. The van der Waals surface area contributed by atoms with E-state index in [-0.39, 0.29) is 0 Å². The fourth-order valence-electron chi connectivity index (χ4n) is 2.18. The van der Waals surface area contributed by atoms with Gasteiger partial charge in [0.05, 0.1) is 17.6 Å². The first-order valence-electron chi connectivity index (χ1n) is 5.81. The van der Waals surface area contributed by atoms with Gasteiger partial charge in [0, 0.05) is 18.6 Å². The van der Waals surface area contributed by atoms with Gasteiger partial charge >= 0.3 is 5.97 Å². The Labute approximate surface area is 108 Å². The molecular formula is C13H12N4O2. The molecule has 0 fully saturated rings. The van der Waals surface area contributed by atoms with E-state index >= 15 is 0 Å². The summed E-state index contributed by atoms with van der Waals surface area (Å²) in [5, 5.41) is 14.2. The predicted molar refractivity (Wildman–Crippen MR) is 69.0 cm³/mol. The van der Waals surface area contributed by atoms with Gasteiger partial charge in [-0.2, -0.15) is 5.10 Å². The van der Waals surface area contributed by atoms with Crippen molar-refractivity contribution >= 4 is 16.9 Å². The number of para-hydroxylation sites is 1. The van der Waals surface area contributed by atoms with E-state index in [0.717, 1.165) is 11.2 Å². The highest BCUT2D eigenvalue weighted by molar-refractivity contribution is 6.02. The third-order valence-corrected chi connectivity index (χ3v) is 3.14. The second-order valence-electron chi connectivity index (χ2n) is 4.29. The van der Waals surface area contributed by atoms with E-state index in [0.29, 0.717) is 17.6 Å².